The maximum absolute atomic E-state index is 10.8. The molecule has 8 heteroatoms. The Kier molecular flexibility index (Phi) is 8.71. The topological polar surface area (TPSA) is 71.3 Å². The third kappa shape index (κ3) is 7.99. The second kappa shape index (κ2) is 8.82. The van der Waals surface area contributed by atoms with Gasteiger partial charge < -0.3 is 9.73 Å². The molecule has 0 amide bonds. The summed E-state index contributed by atoms with van der Waals surface area (Å²) in [6.45, 7) is 1.57. The van der Waals surface area contributed by atoms with E-state index in [1.165, 1.54) is 0 Å². The second-order valence-electron chi connectivity index (χ2n) is 3.64. The van der Waals surface area contributed by atoms with Crippen LogP contribution in [-0.2, 0) is 22.3 Å². The Morgan fingerprint density at radius 1 is 1.28 bits per heavy atom. The summed E-state index contributed by atoms with van der Waals surface area (Å²) in [4.78, 5) is 0. The molecule has 0 aromatic carbocycles. The summed E-state index contributed by atoms with van der Waals surface area (Å²) in [5, 5.41) is 3.10. The van der Waals surface area contributed by atoms with Crippen LogP contribution in [0, 0.1) is 0 Å². The molecular weight excluding hydrogens is 296 g/mol. The number of halogens is 1. The van der Waals surface area contributed by atoms with Gasteiger partial charge in [-0.15, -0.1) is 12.4 Å². The van der Waals surface area contributed by atoms with Crippen molar-refractivity contribution in [3.8, 4) is 0 Å². The van der Waals surface area contributed by atoms with Crippen LogP contribution in [0.5, 0.6) is 0 Å². The van der Waals surface area contributed by atoms with E-state index in [0.29, 0.717) is 19.6 Å². The van der Waals surface area contributed by atoms with Crippen molar-refractivity contribution in [2.24, 2.45) is 0 Å². The molecule has 0 bridgehead atoms. The molecule has 18 heavy (non-hydrogen) atoms. The standard InChI is InChI=1S/C10H18N2O3S2.ClH/c1-16-8-10-4-3-9(15-10)7-11-5-6-12-17(2,13)14;/h3-4,11-12H,5-8H2,1-2H3;1H. The van der Waals surface area contributed by atoms with E-state index in [4.69, 9.17) is 4.42 Å². The van der Waals surface area contributed by atoms with E-state index in [1.807, 2.05) is 18.4 Å². The van der Waals surface area contributed by atoms with Crippen LogP contribution in [0.4, 0.5) is 0 Å². The maximum Gasteiger partial charge on any atom is 0.208 e. The lowest BCUT2D eigenvalue weighted by molar-refractivity contribution is 0.460. The largest absolute Gasteiger partial charge is 0.464 e. The molecule has 0 atom stereocenters. The Labute approximate surface area is 119 Å². The molecule has 0 spiro atoms. The van der Waals surface area contributed by atoms with E-state index in [9.17, 15) is 8.42 Å². The van der Waals surface area contributed by atoms with Gasteiger partial charge in [0.1, 0.15) is 11.5 Å². The molecule has 0 unspecified atom stereocenters. The van der Waals surface area contributed by atoms with E-state index in [0.717, 1.165) is 23.5 Å². The van der Waals surface area contributed by atoms with Crippen LogP contribution in [0.3, 0.4) is 0 Å². The van der Waals surface area contributed by atoms with Crippen LogP contribution in [-0.4, -0.2) is 34.0 Å². The summed E-state index contributed by atoms with van der Waals surface area (Å²) in [5.41, 5.74) is 0. The van der Waals surface area contributed by atoms with Gasteiger partial charge in [-0.05, 0) is 18.4 Å². The molecule has 5 nitrogen and oxygen atoms in total. The van der Waals surface area contributed by atoms with Gasteiger partial charge >= 0.3 is 0 Å². The van der Waals surface area contributed by atoms with Crippen molar-refractivity contribution in [1.82, 2.24) is 10.0 Å². The first kappa shape index (κ1) is 17.8. The highest BCUT2D eigenvalue weighted by atomic mass is 35.5. The highest BCUT2D eigenvalue weighted by Gasteiger charge is 2.02. The number of thioether (sulfide) groups is 1. The molecular formula is C10H19ClN2O3S2. The molecule has 0 aliphatic rings. The van der Waals surface area contributed by atoms with Crippen molar-refractivity contribution in [3.63, 3.8) is 0 Å². The molecule has 0 saturated carbocycles. The van der Waals surface area contributed by atoms with Gasteiger partial charge in [0, 0.05) is 13.1 Å². The predicted octanol–water partition coefficient (Wildman–Crippen LogP) is 1.20. The van der Waals surface area contributed by atoms with Gasteiger partial charge in [0.05, 0.1) is 18.6 Å². The van der Waals surface area contributed by atoms with Gasteiger partial charge in [-0.2, -0.15) is 11.8 Å². The van der Waals surface area contributed by atoms with E-state index < -0.39 is 10.0 Å². The van der Waals surface area contributed by atoms with Crippen LogP contribution in [0.1, 0.15) is 11.5 Å². The first-order valence-electron chi connectivity index (χ1n) is 5.23. The molecule has 1 rings (SSSR count). The molecule has 0 aliphatic carbocycles. The minimum atomic E-state index is -3.09. The maximum atomic E-state index is 10.8. The highest BCUT2D eigenvalue weighted by molar-refractivity contribution is 7.97. The Morgan fingerprint density at radius 2 is 1.94 bits per heavy atom. The van der Waals surface area contributed by atoms with E-state index >= 15 is 0 Å². The van der Waals surface area contributed by atoms with Crippen molar-refractivity contribution in [2.75, 3.05) is 25.6 Å². The molecule has 0 saturated heterocycles. The fourth-order valence-electron chi connectivity index (χ4n) is 1.27. The lowest BCUT2D eigenvalue weighted by Crippen LogP contribution is -2.30. The van der Waals surface area contributed by atoms with Gasteiger partial charge in [-0.1, -0.05) is 0 Å². The summed E-state index contributed by atoms with van der Waals surface area (Å²) in [6.07, 6.45) is 3.17. The van der Waals surface area contributed by atoms with E-state index in [-0.39, 0.29) is 12.4 Å². The lowest BCUT2D eigenvalue weighted by atomic mass is 10.4. The first-order valence-corrected chi connectivity index (χ1v) is 8.51. The third-order valence-corrected chi connectivity index (χ3v) is 3.27. The third-order valence-electron chi connectivity index (χ3n) is 1.97. The molecule has 106 valence electrons. The Bertz CT molecular complexity index is 434. The zero-order valence-electron chi connectivity index (χ0n) is 10.4. The second-order valence-corrected chi connectivity index (χ2v) is 6.34. The van der Waals surface area contributed by atoms with Crippen molar-refractivity contribution in [1.29, 1.82) is 0 Å². The average Bonchev–Trinajstić information content (AvgIpc) is 2.64. The summed E-state index contributed by atoms with van der Waals surface area (Å²) in [7, 11) is -3.09. The van der Waals surface area contributed by atoms with Crippen molar-refractivity contribution < 1.29 is 12.8 Å². The number of sulfonamides is 1. The van der Waals surface area contributed by atoms with Crippen molar-refractivity contribution in [2.45, 2.75) is 12.3 Å². The molecule has 2 N–H and O–H groups in total. The zero-order chi connectivity index (χ0) is 12.7. The molecule has 0 aliphatic heterocycles. The predicted molar refractivity (Wildman–Crippen MR) is 77.7 cm³/mol. The Morgan fingerprint density at radius 3 is 2.56 bits per heavy atom. The van der Waals surface area contributed by atoms with Gasteiger partial charge in [0.2, 0.25) is 10.0 Å². The monoisotopic (exact) mass is 314 g/mol. The lowest BCUT2D eigenvalue weighted by Gasteiger charge is -2.03. The molecule has 1 aromatic rings. The Balaban J connectivity index is 0.00000289. The highest BCUT2D eigenvalue weighted by Crippen LogP contribution is 2.12. The van der Waals surface area contributed by atoms with Crippen molar-refractivity contribution >= 4 is 34.2 Å². The Hall–Kier alpha value is -0.210. The van der Waals surface area contributed by atoms with E-state index in [1.54, 1.807) is 11.8 Å². The van der Waals surface area contributed by atoms with Crippen LogP contribution in [0.25, 0.3) is 0 Å². The molecule has 1 aromatic heterocycles. The van der Waals surface area contributed by atoms with Gasteiger partial charge in [0.25, 0.3) is 0 Å². The van der Waals surface area contributed by atoms with E-state index in [2.05, 4.69) is 10.0 Å². The summed E-state index contributed by atoms with van der Waals surface area (Å²) >= 11 is 1.71. The van der Waals surface area contributed by atoms with Gasteiger partial charge in [-0.3, -0.25) is 0 Å². The number of hydrogen-bond acceptors (Lipinski definition) is 5. The summed E-state index contributed by atoms with van der Waals surface area (Å²) in [5.74, 6) is 2.70. The fraction of sp³-hybridized carbons (Fsp3) is 0.600. The minimum absolute atomic E-state index is 0. The quantitative estimate of drug-likeness (QED) is 0.706. The smallest absolute Gasteiger partial charge is 0.208 e. The number of hydrogen-bond donors (Lipinski definition) is 2. The van der Waals surface area contributed by atoms with Crippen LogP contribution in [0.15, 0.2) is 16.5 Å². The van der Waals surface area contributed by atoms with Crippen LogP contribution < -0.4 is 10.0 Å². The van der Waals surface area contributed by atoms with Gasteiger partial charge in [-0.25, -0.2) is 13.1 Å². The van der Waals surface area contributed by atoms with Crippen molar-refractivity contribution in [3.05, 3.63) is 23.7 Å². The fourth-order valence-corrected chi connectivity index (χ4v) is 2.19. The minimum Gasteiger partial charge on any atom is -0.464 e. The van der Waals surface area contributed by atoms with Gasteiger partial charge in [0.15, 0.2) is 0 Å². The van der Waals surface area contributed by atoms with Crippen LogP contribution in [0.2, 0.25) is 0 Å². The number of nitrogens with one attached hydrogen (secondary N) is 2. The molecule has 0 fully saturated rings. The first-order chi connectivity index (χ1) is 8.01. The van der Waals surface area contributed by atoms with Crippen LogP contribution >= 0.6 is 24.2 Å². The molecule has 0 radical (unpaired) electrons. The average molecular weight is 315 g/mol. The number of furan rings is 1. The number of rotatable bonds is 8. The molecule has 1 heterocycles. The summed E-state index contributed by atoms with van der Waals surface area (Å²) in [6, 6.07) is 3.89. The SMILES string of the molecule is CSCc1ccc(CNCCNS(C)(=O)=O)o1.Cl. The zero-order valence-corrected chi connectivity index (χ0v) is 12.9. The normalized spacial score (nSPS) is 11.2. The summed E-state index contributed by atoms with van der Waals surface area (Å²) < 4.78 is 29.5.